The second-order valence-corrected chi connectivity index (χ2v) is 5.61. The number of carbonyl (C=O) groups is 1. The minimum absolute atomic E-state index is 0.0631. The molecule has 4 nitrogen and oxygen atoms in total. The number of carbonyl (C=O) groups excluding carboxylic acids is 1. The van der Waals surface area contributed by atoms with Crippen molar-refractivity contribution in [3.63, 3.8) is 0 Å². The Bertz CT molecular complexity index is 473. The van der Waals surface area contributed by atoms with E-state index >= 15 is 0 Å². The fraction of sp³-hybridized carbons (Fsp3) is 0.562. The molecular formula is C16H23ClN2O2. The molecule has 1 fully saturated rings. The molecule has 0 aliphatic carbocycles. The van der Waals surface area contributed by atoms with Crippen molar-refractivity contribution in [3.05, 3.63) is 29.3 Å². The van der Waals surface area contributed by atoms with Gasteiger partial charge in [0, 0.05) is 26.2 Å². The number of benzene rings is 1. The van der Waals surface area contributed by atoms with E-state index in [0.29, 0.717) is 17.2 Å². The molecule has 1 heterocycles. The highest BCUT2D eigenvalue weighted by molar-refractivity contribution is 6.32. The molecule has 2 rings (SSSR count). The van der Waals surface area contributed by atoms with E-state index in [1.807, 2.05) is 24.0 Å². The van der Waals surface area contributed by atoms with Crippen molar-refractivity contribution in [2.24, 2.45) is 0 Å². The summed E-state index contributed by atoms with van der Waals surface area (Å²) in [6.45, 7) is 8.56. The van der Waals surface area contributed by atoms with Gasteiger partial charge in [-0.1, -0.05) is 37.6 Å². The van der Waals surface area contributed by atoms with Crippen molar-refractivity contribution >= 4 is 17.5 Å². The van der Waals surface area contributed by atoms with Crippen LogP contribution in [0.2, 0.25) is 5.02 Å². The molecule has 1 aromatic rings. The number of hydrogen-bond acceptors (Lipinski definition) is 3. The summed E-state index contributed by atoms with van der Waals surface area (Å²) in [5, 5.41) is 0.541. The largest absolute Gasteiger partial charge is 0.479 e. The van der Waals surface area contributed by atoms with Crippen LogP contribution >= 0.6 is 11.6 Å². The Balaban J connectivity index is 1.98. The lowest BCUT2D eigenvalue weighted by molar-refractivity contribution is -0.140. The third-order valence-electron chi connectivity index (χ3n) is 3.88. The summed E-state index contributed by atoms with van der Waals surface area (Å²) in [6.07, 6.45) is 0.177. The van der Waals surface area contributed by atoms with E-state index in [0.717, 1.165) is 32.7 Å². The summed E-state index contributed by atoms with van der Waals surface area (Å²) in [5.41, 5.74) is 0. The normalized spacial score (nSPS) is 17.6. The first-order valence-electron chi connectivity index (χ1n) is 7.58. The Morgan fingerprint density at radius 3 is 2.48 bits per heavy atom. The monoisotopic (exact) mass is 310 g/mol. The van der Waals surface area contributed by atoms with Gasteiger partial charge in [-0.3, -0.25) is 4.79 Å². The van der Waals surface area contributed by atoms with Crippen molar-refractivity contribution in [1.82, 2.24) is 9.80 Å². The molecule has 5 heteroatoms. The lowest BCUT2D eigenvalue weighted by atomic mass is 10.2. The Kier molecular flexibility index (Phi) is 5.88. The fourth-order valence-corrected chi connectivity index (χ4v) is 2.67. The molecule has 0 aromatic heterocycles. The van der Waals surface area contributed by atoms with Gasteiger partial charge in [0.25, 0.3) is 5.91 Å². The first-order chi connectivity index (χ1) is 10.2. The van der Waals surface area contributed by atoms with Crippen molar-refractivity contribution in [3.8, 4) is 5.75 Å². The molecule has 116 valence electrons. The zero-order valence-corrected chi connectivity index (χ0v) is 13.5. The maximum absolute atomic E-state index is 12.6. The number of hydrogen-bond donors (Lipinski definition) is 0. The summed E-state index contributed by atoms with van der Waals surface area (Å²) in [6, 6.07) is 7.28. The van der Waals surface area contributed by atoms with Gasteiger partial charge in [0.1, 0.15) is 5.75 Å². The van der Waals surface area contributed by atoms with E-state index in [4.69, 9.17) is 16.3 Å². The van der Waals surface area contributed by atoms with Crippen LogP contribution in [0.3, 0.4) is 0 Å². The van der Waals surface area contributed by atoms with Crippen LogP contribution in [0.5, 0.6) is 5.75 Å². The van der Waals surface area contributed by atoms with Gasteiger partial charge in [0.2, 0.25) is 0 Å². The van der Waals surface area contributed by atoms with Crippen LogP contribution in [-0.4, -0.2) is 54.5 Å². The number of likely N-dealkylation sites (N-methyl/N-ethyl adjacent to an activating group) is 1. The highest BCUT2D eigenvalue weighted by atomic mass is 35.5. The molecule has 0 N–H and O–H groups in total. The third kappa shape index (κ3) is 4.11. The molecule has 0 saturated carbocycles. The minimum atomic E-state index is -0.460. The second-order valence-electron chi connectivity index (χ2n) is 5.20. The van der Waals surface area contributed by atoms with Gasteiger partial charge in [-0.05, 0) is 25.1 Å². The molecule has 1 aromatic carbocycles. The molecular weight excluding hydrogens is 288 g/mol. The Morgan fingerprint density at radius 2 is 1.90 bits per heavy atom. The molecule has 0 spiro atoms. The summed E-state index contributed by atoms with van der Waals surface area (Å²) in [4.78, 5) is 16.8. The van der Waals surface area contributed by atoms with Crippen LogP contribution in [0.15, 0.2) is 24.3 Å². The lowest BCUT2D eigenvalue weighted by Gasteiger charge is -2.35. The van der Waals surface area contributed by atoms with E-state index in [-0.39, 0.29) is 5.91 Å². The molecule has 1 amide bonds. The van der Waals surface area contributed by atoms with Crippen molar-refractivity contribution in [2.45, 2.75) is 26.4 Å². The van der Waals surface area contributed by atoms with Crippen molar-refractivity contribution < 1.29 is 9.53 Å². The van der Waals surface area contributed by atoms with Crippen LogP contribution in [-0.2, 0) is 4.79 Å². The Hall–Kier alpha value is -1.26. The second kappa shape index (κ2) is 7.66. The number of para-hydroxylation sites is 1. The van der Waals surface area contributed by atoms with E-state index in [1.165, 1.54) is 0 Å². The molecule has 0 unspecified atom stereocenters. The summed E-state index contributed by atoms with van der Waals surface area (Å²) in [5.74, 6) is 0.639. The number of halogens is 1. The van der Waals surface area contributed by atoms with Crippen LogP contribution < -0.4 is 4.74 Å². The maximum atomic E-state index is 12.6. The molecule has 1 aliphatic heterocycles. The standard InChI is InChI=1S/C16H23ClN2O2/c1-3-14(21-15-8-6-5-7-13(15)17)16(20)19-11-9-18(4-2)10-12-19/h5-8,14H,3-4,9-12H2,1-2H3/t14-/m0/s1. The lowest BCUT2D eigenvalue weighted by Crippen LogP contribution is -2.52. The Morgan fingerprint density at radius 1 is 1.24 bits per heavy atom. The van der Waals surface area contributed by atoms with E-state index in [2.05, 4.69) is 11.8 Å². The highest BCUT2D eigenvalue weighted by Gasteiger charge is 2.27. The average molecular weight is 311 g/mol. The van der Waals surface area contributed by atoms with Gasteiger partial charge in [-0.2, -0.15) is 0 Å². The average Bonchev–Trinajstić information content (AvgIpc) is 2.53. The predicted molar refractivity (Wildman–Crippen MR) is 84.9 cm³/mol. The quantitative estimate of drug-likeness (QED) is 0.838. The number of nitrogens with zero attached hydrogens (tertiary/aromatic N) is 2. The fourth-order valence-electron chi connectivity index (χ4n) is 2.49. The third-order valence-corrected chi connectivity index (χ3v) is 4.20. The summed E-state index contributed by atoms with van der Waals surface area (Å²) < 4.78 is 5.83. The zero-order chi connectivity index (χ0) is 15.2. The highest BCUT2D eigenvalue weighted by Crippen LogP contribution is 2.25. The van der Waals surface area contributed by atoms with E-state index in [9.17, 15) is 4.79 Å². The van der Waals surface area contributed by atoms with Gasteiger partial charge in [0.05, 0.1) is 5.02 Å². The Labute approximate surface area is 131 Å². The minimum Gasteiger partial charge on any atom is -0.479 e. The molecule has 21 heavy (non-hydrogen) atoms. The predicted octanol–water partition coefficient (Wildman–Crippen LogP) is 2.66. The maximum Gasteiger partial charge on any atom is 0.263 e. The van der Waals surface area contributed by atoms with Gasteiger partial charge in [-0.25, -0.2) is 0 Å². The summed E-state index contributed by atoms with van der Waals surface area (Å²) >= 11 is 6.10. The smallest absolute Gasteiger partial charge is 0.263 e. The number of amides is 1. The van der Waals surface area contributed by atoms with Gasteiger partial charge in [-0.15, -0.1) is 0 Å². The molecule has 1 atom stereocenters. The topological polar surface area (TPSA) is 32.8 Å². The van der Waals surface area contributed by atoms with E-state index < -0.39 is 6.10 Å². The van der Waals surface area contributed by atoms with Gasteiger partial charge < -0.3 is 14.5 Å². The molecule has 1 saturated heterocycles. The van der Waals surface area contributed by atoms with Crippen LogP contribution in [0, 0.1) is 0 Å². The van der Waals surface area contributed by atoms with Gasteiger partial charge in [0.15, 0.2) is 6.10 Å². The number of piperazine rings is 1. The SMILES string of the molecule is CC[C@H](Oc1ccccc1Cl)C(=O)N1CCN(CC)CC1. The first kappa shape index (κ1) is 16.1. The van der Waals surface area contributed by atoms with E-state index in [1.54, 1.807) is 12.1 Å². The summed E-state index contributed by atoms with van der Waals surface area (Å²) in [7, 11) is 0. The molecule has 0 radical (unpaired) electrons. The first-order valence-corrected chi connectivity index (χ1v) is 7.95. The molecule has 0 bridgehead atoms. The van der Waals surface area contributed by atoms with Crippen LogP contribution in [0.4, 0.5) is 0 Å². The van der Waals surface area contributed by atoms with Gasteiger partial charge >= 0.3 is 0 Å². The number of rotatable bonds is 5. The zero-order valence-electron chi connectivity index (χ0n) is 12.7. The van der Waals surface area contributed by atoms with Crippen molar-refractivity contribution in [2.75, 3.05) is 32.7 Å². The number of ether oxygens (including phenoxy) is 1. The van der Waals surface area contributed by atoms with Crippen molar-refractivity contribution in [1.29, 1.82) is 0 Å². The van der Waals surface area contributed by atoms with Crippen LogP contribution in [0.25, 0.3) is 0 Å². The molecule has 1 aliphatic rings. The van der Waals surface area contributed by atoms with Crippen LogP contribution in [0.1, 0.15) is 20.3 Å².